The molecule has 1 heterocycles. The van der Waals surface area contributed by atoms with Gasteiger partial charge in [0.1, 0.15) is 11.4 Å². The van der Waals surface area contributed by atoms with E-state index in [0.717, 1.165) is 0 Å². The van der Waals surface area contributed by atoms with Gasteiger partial charge in [-0.15, -0.1) is 0 Å². The number of nitrogens with one attached hydrogen (secondary N) is 1. The van der Waals surface area contributed by atoms with Crippen LogP contribution >= 0.6 is 0 Å². The van der Waals surface area contributed by atoms with Crippen LogP contribution in [0.25, 0.3) is 11.3 Å². The summed E-state index contributed by atoms with van der Waals surface area (Å²) >= 11 is 0. The third-order valence-corrected chi connectivity index (χ3v) is 2.16. The maximum Gasteiger partial charge on any atom is 0.341 e. The highest BCUT2D eigenvalue weighted by Crippen LogP contribution is 2.22. The van der Waals surface area contributed by atoms with Gasteiger partial charge < -0.3 is 4.74 Å². The van der Waals surface area contributed by atoms with E-state index in [2.05, 4.69) is 14.9 Å². The summed E-state index contributed by atoms with van der Waals surface area (Å²) < 4.78 is 17.6. The van der Waals surface area contributed by atoms with Crippen LogP contribution in [-0.4, -0.2) is 23.3 Å². The first-order chi connectivity index (χ1) is 7.72. The van der Waals surface area contributed by atoms with Gasteiger partial charge in [-0.1, -0.05) is 12.1 Å². The van der Waals surface area contributed by atoms with Crippen LogP contribution in [0, 0.1) is 5.82 Å². The number of benzene rings is 1. The number of aromatic nitrogens is 2. The second-order valence-electron chi connectivity index (χ2n) is 3.16. The lowest BCUT2D eigenvalue weighted by Crippen LogP contribution is -2.01. The van der Waals surface area contributed by atoms with Crippen molar-refractivity contribution >= 4 is 5.97 Å². The summed E-state index contributed by atoms with van der Waals surface area (Å²) in [5, 5.41) is 6.40. The van der Waals surface area contributed by atoms with E-state index >= 15 is 0 Å². The highest BCUT2D eigenvalue weighted by Gasteiger charge is 2.15. The van der Waals surface area contributed by atoms with Crippen molar-refractivity contribution in [1.29, 1.82) is 0 Å². The molecule has 2 rings (SSSR count). The molecular formula is C11H9FN2O2. The molecule has 0 aliphatic carbocycles. The fourth-order valence-electron chi connectivity index (χ4n) is 1.41. The van der Waals surface area contributed by atoms with Crippen LogP contribution in [0.5, 0.6) is 0 Å². The van der Waals surface area contributed by atoms with Crippen LogP contribution < -0.4 is 0 Å². The van der Waals surface area contributed by atoms with E-state index in [1.165, 1.54) is 25.4 Å². The molecule has 0 bridgehead atoms. The van der Waals surface area contributed by atoms with E-state index in [-0.39, 0.29) is 11.4 Å². The molecule has 0 radical (unpaired) electrons. The Morgan fingerprint density at radius 3 is 3.00 bits per heavy atom. The Bertz CT molecular complexity index is 522. The fraction of sp³-hybridized carbons (Fsp3) is 0.0909. The Kier molecular flexibility index (Phi) is 2.68. The van der Waals surface area contributed by atoms with Gasteiger partial charge in [0.2, 0.25) is 0 Å². The summed E-state index contributed by atoms with van der Waals surface area (Å²) in [7, 11) is 1.28. The number of halogens is 1. The lowest BCUT2D eigenvalue weighted by atomic mass is 10.1. The van der Waals surface area contributed by atoms with E-state index in [9.17, 15) is 9.18 Å². The van der Waals surface area contributed by atoms with Gasteiger partial charge in [0.15, 0.2) is 0 Å². The minimum atomic E-state index is -0.506. The highest BCUT2D eigenvalue weighted by atomic mass is 19.1. The van der Waals surface area contributed by atoms with Crippen molar-refractivity contribution < 1.29 is 13.9 Å². The molecular weight excluding hydrogens is 211 g/mol. The number of aromatic amines is 1. The number of carbonyl (C=O) groups is 1. The average molecular weight is 220 g/mol. The van der Waals surface area contributed by atoms with Crippen molar-refractivity contribution in [2.24, 2.45) is 0 Å². The second kappa shape index (κ2) is 4.14. The number of esters is 1. The molecule has 0 saturated carbocycles. The number of rotatable bonds is 2. The van der Waals surface area contributed by atoms with Crippen LogP contribution in [0.15, 0.2) is 30.5 Å². The molecule has 4 nitrogen and oxygen atoms in total. The van der Waals surface area contributed by atoms with Gasteiger partial charge in [-0.05, 0) is 12.1 Å². The first kappa shape index (κ1) is 10.4. The summed E-state index contributed by atoms with van der Waals surface area (Å²) in [6.45, 7) is 0. The molecule has 0 spiro atoms. The molecule has 2 aromatic rings. The third kappa shape index (κ3) is 1.79. The quantitative estimate of drug-likeness (QED) is 0.787. The Hall–Kier alpha value is -2.17. The van der Waals surface area contributed by atoms with E-state index in [1.54, 1.807) is 12.1 Å². The van der Waals surface area contributed by atoms with Crippen molar-refractivity contribution in [2.45, 2.75) is 0 Å². The molecule has 16 heavy (non-hydrogen) atoms. The Morgan fingerprint density at radius 1 is 1.50 bits per heavy atom. The SMILES string of the molecule is COC(=O)c1cn[nH]c1-c1cccc(F)c1. The van der Waals surface area contributed by atoms with Crippen molar-refractivity contribution in [1.82, 2.24) is 10.2 Å². The van der Waals surface area contributed by atoms with Crippen LogP contribution in [0.1, 0.15) is 10.4 Å². The zero-order valence-corrected chi connectivity index (χ0v) is 8.53. The number of nitrogens with zero attached hydrogens (tertiary/aromatic N) is 1. The molecule has 0 saturated heterocycles. The van der Waals surface area contributed by atoms with Crippen LogP contribution in [0.4, 0.5) is 4.39 Å². The van der Waals surface area contributed by atoms with Crippen molar-refractivity contribution in [3.63, 3.8) is 0 Å². The lowest BCUT2D eigenvalue weighted by Gasteiger charge is -2.01. The Morgan fingerprint density at radius 2 is 2.31 bits per heavy atom. The van der Waals surface area contributed by atoms with Gasteiger partial charge in [-0.25, -0.2) is 9.18 Å². The standard InChI is InChI=1S/C11H9FN2O2/c1-16-11(15)9-6-13-14-10(9)7-3-2-4-8(12)5-7/h2-6H,1H3,(H,13,14). The highest BCUT2D eigenvalue weighted by molar-refractivity contribution is 5.95. The van der Waals surface area contributed by atoms with Crippen LogP contribution in [-0.2, 0) is 4.74 Å². The van der Waals surface area contributed by atoms with E-state index in [1.807, 2.05) is 0 Å². The normalized spacial score (nSPS) is 10.1. The number of carbonyl (C=O) groups excluding carboxylic acids is 1. The molecule has 1 N–H and O–H groups in total. The number of methoxy groups -OCH3 is 1. The molecule has 0 aliphatic rings. The Balaban J connectivity index is 2.48. The molecule has 0 amide bonds. The summed E-state index contributed by atoms with van der Waals surface area (Å²) in [6.07, 6.45) is 1.35. The fourth-order valence-corrected chi connectivity index (χ4v) is 1.41. The number of H-pyrrole nitrogens is 1. The zero-order valence-electron chi connectivity index (χ0n) is 8.53. The average Bonchev–Trinajstić information content (AvgIpc) is 2.77. The van der Waals surface area contributed by atoms with E-state index in [0.29, 0.717) is 11.3 Å². The van der Waals surface area contributed by atoms with Crippen molar-refractivity contribution in [3.8, 4) is 11.3 Å². The van der Waals surface area contributed by atoms with Gasteiger partial charge in [-0.2, -0.15) is 5.10 Å². The van der Waals surface area contributed by atoms with Gasteiger partial charge in [0.25, 0.3) is 0 Å². The van der Waals surface area contributed by atoms with Gasteiger partial charge in [-0.3, -0.25) is 5.10 Å². The largest absolute Gasteiger partial charge is 0.465 e. The summed E-state index contributed by atoms with van der Waals surface area (Å²) in [6, 6.07) is 5.90. The first-order valence-electron chi connectivity index (χ1n) is 4.60. The smallest absolute Gasteiger partial charge is 0.341 e. The molecule has 0 atom stereocenters. The number of hydrogen-bond donors (Lipinski definition) is 1. The molecule has 5 heteroatoms. The first-order valence-corrected chi connectivity index (χ1v) is 4.60. The topological polar surface area (TPSA) is 55.0 Å². The number of hydrogen-bond acceptors (Lipinski definition) is 3. The molecule has 0 aliphatic heterocycles. The predicted octanol–water partition coefficient (Wildman–Crippen LogP) is 2.00. The predicted molar refractivity (Wildman–Crippen MR) is 55.3 cm³/mol. The maximum absolute atomic E-state index is 13.0. The molecule has 0 fully saturated rings. The summed E-state index contributed by atoms with van der Waals surface area (Å²) in [5.74, 6) is -0.879. The maximum atomic E-state index is 13.0. The summed E-state index contributed by atoms with van der Waals surface area (Å²) in [5.41, 5.74) is 1.29. The monoisotopic (exact) mass is 220 g/mol. The van der Waals surface area contributed by atoms with Crippen LogP contribution in [0.2, 0.25) is 0 Å². The third-order valence-electron chi connectivity index (χ3n) is 2.16. The molecule has 82 valence electrons. The molecule has 0 unspecified atom stereocenters. The molecule has 1 aromatic carbocycles. The summed E-state index contributed by atoms with van der Waals surface area (Å²) in [4.78, 5) is 11.4. The van der Waals surface area contributed by atoms with E-state index < -0.39 is 5.97 Å². The zero-order chi connectivity index (χ0) is 11.5. The molecule has 1 aromatic heterocycles. The van der Waals surface area contributed by atoms with Crippen LogP contribution in [0.3, 0.4) is 0 Å². The van der Waals surface area contributed by atoms with E-state index in [4.69, 9.17) is 0 Å². The minimum Gasteiger partial charge on any atom is -0.465 e. The van der Waals surface area contributed by atoms with Crippen molar-refractivity contribution in [2.75, 3.05) is 7.11 Å². The van der Waals surface area contributed by atoms with Gasteiger partial charge in [0, 0.05) is 5.56 Å². The second-order valence-corrected chi connectivity index (χ2v) is 3.16. The van der Waals surface area contributed by atoms with Crippen molar-refractivity contribution in [3.05, 3.63) is 41.8 Å². The van der Waals surface area contributed by atoms with Gasteiger partial charge >= 0.3 is 5.97 Å². The Labute approximate surface area is 91.1 Å². The van der Waals surface area contributed by atoms with Gasteiger partial charge in [0.05, 0.1) is 19.0 Å². The minimum absolute atomic E-state index is 0.285. The number of ether oxygens (including phenoxy) is 1. The lowest BCUT2D eigenvalue weighted by molar-refractivity contribution is 0.0601.